The van der Waals surface area contributed by atoms with Crippen LogP contribution in [0.3, 0.4) is 0 Å². The van der Waals surface area contributed by atoms with Crippen LogP contribution < -0.4 is 10.0 Å². The minimum Gasteiger partial charge on any atom is -0.480 e. The molecule has 0 heterocycles. The largest absolute Gasteiger partial charge is 0.480 e. The molecule has 0 saturated heterocycles. The summed E-state index contributed by atoms with van der Waals surface area (Å²) < 4.78 is 47.1. The maximum Gasteiger partial charge on any atom is 0.328 e. The summed E-state index contributed by atoms with van der Waals surface area (Å²) in [5, 5.41) is 11.9. The van der Waals surface area contributed by atoms with E-state index in [1.165, 1.54) is 18.2 Å². The highest BCUT2D eigenvalue weighted by Crippen LogP contribution is 2.14. The first-order valence-electron chi connectivity index (χ1n) is 12.2. The van der Waals surface area contributed by atoms with Crippen LogP contribution in [0.1, 0.15) is 29.5 Å². The number of aryl methyl sites for hydroxylation is 1. The minimum absolute atomic E-state index is 0.0374. The molecule has 3 rings (SSSR count). The lowest BCUT2D eigenvalue weighted by molar-refractivity contribution is -0.143. The Hall–Kier alpha value is -3.60. The lowest BCUT2D eigenvalue weighted by Gasteiger charge is -2.15. The fourth-order valence-electron chi connectivity index (χ4n) is 3.73. The van der Waals surface area contributed by atoms with Gasteiger partial charge in [-0.05, 0) is 54.2 Å². The second kappa shape index (κ2) is 14.4. The molecule has 3 aromatic rings. The van der Waals surface area contributed by atoms with Gasteiger partial charge in [-0.3, -0.25) is 4.79 Å². The number of sulfonamides is 1. The average molecular weight is 543 g/mol. The number of hydrogen-bond donors (Lipinski definition) is 3. The third kappa shape index (κ3) is 9.37. The Morgan fingerprint density at radius 1 is 0.921 bits per heavy atom. The van der Waals surface area contributed by atoms with Gasteiger partial charge in [0.2, 0.25) is 15.9 Å². The van der Waals surface area contributed by atoms with E-state index in [-0.39, 0.29) is 36.9 Å². The van der Waals surface area contributed by atoms with E-state index >= 15 is 0 Å². The van der Waals surface area contributed by atoms with Crippen LogP contribution in [0, 0.1) is 5.82 Å². The molecule has 202 valence electrons. The van der Waals surface area contributed by atoms with Crippen LogP contribution >= 0.6 is 0 Å². The van der Waals surface area contributed by atoms with E-state index in [0.717, 1.165) is 5.56 Å². The van der Waals surface area contributed by atoms with Crippen LogP contribution in [0.5, 0.6) is 0 Å². The van der Waals surface area contributed by atoms with E-state index in [1.54, 1.807) is 54.6 Å². The van der Waals surface area contributed by atoms with Crippen LogP contribution in [0.2, 0.25) is 0 Å². The number of hydrogen-bond acceptors (Lipinski definition) is 5. The zero-order valence-corrected chi connectivity index (χ0v) is 21.6. The van der Waals surface area contributed by atoms with E-state index < -0.39 is 27.9 Å². The van der Waals surface area contributed by atoms with Crippen molar-refractivity contribution < 1.29 is 32.2 Å². The lowest BCUT2D eigenvalue weighted by Crippen LogP contribution is -2.44. The van der Waals surface area contributed by atoms with E-state index in [0.29, 0.717) is 30.4 Å². The van der Waals surface area contributed by atoms with Crippen LogP contribution in [0.4, 0.5) is 4.39 Å². The summed E-state index contributed by atoms with van der Waals surface area (Å²) >= 11 is 0. The number of amides is 1. The fraction of sp³-hybridized carbons (Fsp3) is 0.286. The summed E-state index contributed by atoms with van der Waals surface area (Å²) in [7, 11) is -3.77. The van der Waals surface area contributed by atoms with Crippen LogP contribution in [0.25, 0.3) is 0 Å². The van der Waals surface area contributed by atoms with Crippen molar-refractivity contribution in [2.24, 2.45) is 0 Å². The van der Waals surface area contributed by atoms with Crippen molar-refractivity contribution in [3.05, 3.63) is 101 Å². The number of nitrogens with one attached hydrogen (secondary N) is 2. The minimum atomic E-state index is -3.77. The van der Waals surface area contributed by atoms with Crippen LogP contribution in [-0.4, -0.2) is 44.6 Å². The molecular weight excluding hydrogens is 511 g/mol. The summed E-state index contributed by atoms with van der Waals surface area (Å²) in [4.78, 5) is 23.8. The number of carbonyl (C=O) groups is 2. The summed E-state index contributed by atoms with van der Waals surface area (Å²) in [6.45, 7) is -0.113. The normalized spacial score (nSPS) is 12.1. The Labute approximate surface area is 221 Å². The summed E-state index contributed by atoms with van der Waals surface area (Å²) in [5.74, 6) is -1.95. The van der Waals surface area contributed by atoms with Crippen molar-refractivity contribution in [2.45, 2.75) is 43.2 Å². The van der Waals surface area contributed by atoms with E-state index in [2.05, 4.69) is 10.0 Å². The van der Waals surface area contributed by atoms with Gasteiger partial charge in [-0.25, -0.2) is 22.3 Å². The van der Waals surface area contributed by atoms with E-state index in [9.17, 15) is 27.5 Å². The van der Waals surface area contributed by atoms with Gasteiger partial charge in [-0.15, -0.1) is 0 Å². The fourth-order valence-corrected chi connectivity index (χ4v) is 4.87. The Bertz CT molecular complexity index is 1320. The average Bonchev–Trinajstić information content (AvgIpc) is 2.89. The Morgan fingerprint density at radius 2 is 1.63 bits per heavy atom. The third-order valence-electron chi connectivity index (χ3n) is 5.73. The maximum absolute atomic E-state index is 13.7. The zero-order chi connectivity index (χ0) is 27.4. The molecule has 1 amide bonds. The van der Waals surface area contributed by atoms with Gasteiger partial charge in [0.25, 0.3) is 0 Å². The molecule has 0 saturated carbocycles. The number of benzene rings is 3. The number of unbranched alkanes of at least 4 members (excludes halogenated alkanes) is 1. The lowest BCUT2D eigenvalue weighted by atomic mass is 10.1. The van der Waals surface area contributed by atoms with Gasteiger partial charge in [0.1, 0.15) is 5.82 Å². The van der Waals surface area contributed by atoms with Crippen molar-refractivity contribution in [1.29, 1.82) is 0 Å². The Balaban J connectivity index is 1.45. The highest BCUT2D eigenvalue weighted by atomic mass is 32.2. The van der Waals surface area contributed by atoms with Crippen LogP contribution in [0.15, 0.2) is 83.8 Å². The molecule has 0 aromatic heterocycles. The molecule has 10 heteroatoms. The summed E-state index contributed by atoms with van der Waals surface area (Å²) in [6.07, 6.45) is 1.73. The predicted octanol–water partition coefficient (Wildman–Crippen LogP) is 3.46. The topological polar surface area (TPSA) is 122 Å². The van der Waals surface area contributed by atoms with Gasteiger partial charge in [0, 0.05) is 6.54 Å². The van der Waals surface area contributed by atoms with Crippen molar-refractivity contribution in [3.8, 4) is 0 Å². The van der Waals surface area contributed by atoms with Crippen LogP contribution in [-0.2, 0) is 43.8 Å². The highest BCUT2D eigenvalue weighted by Gasteiger charge is 2.20. The van der Waals surface area contributed by atoms with Crippen molar-refractivity contribution >= 4 is 21.9 Å². The third-order valence-corrected chi connectivity index (χ3v) is 7.18. The summed E-state index contributed by atoms with van der Waals surface area (Å²) in [6, 6.07) is 20.3. The molecule has 0 fully saturated rings. The van der Waals surface area contributed by atoms with E-state index in [4.69, 9.17) is 4.74 Å². The quantitative estimate of drug-likeness (QED) is 0.253. The Kier molecular flexibility index (Phi) is 11.0. The van der Waals surface area contributed by atoms with E-state index in [1.807, 2.05) is 6.07 Å². The van der Waals surface area contributed by atoms with Crippen molar-refractivity contribution in [2.75, 3.05) is 13.2 Å². The number of carboxylic acid groups (broad SMARTS) is 1. The molecule has 0 aliphatic heterocycles. The van der Waals surface area contributed by atoms with Gasteiger partial charge in [0.05, 0.1) is 24.5 Å². The molecule has 38 heavy (non-hydrogen) atoms. The number of carbonyl (C=O) groups excluding carboxylic acids is 1. The molecule has 3 aromatic carbocycles. The number of aliphatic carboxylic acids is 1. The number of ether oxygens (including phenoxy) is 1. The molecule has 3 N–H and O–H groups in total. The maximum atomic E-state index is 13.7. The molecule has 1 atom stereocenters. The van der Waals surface area contributed by atoms with Gasteiger partial charge in [-0.2, -0.15) is 0 Å². The molecule has 0 spiro atoms. The molecule has 0 aliphatic rings. The Morgan fingerprint density at radius 3 is 2.37 bits per heavy atom. The first kappa shape index (κ1) is 29.0. The SMILES string of the molecule is O=C(Cc1ccccc1)N[C@@H](COCc1cccc(S(=O)(=O)NCCCCc2ccccc2F)c1)C(=O)O. The van der Waals surface area contributed by atoms with Gasteiger partial charge < -0.3 is 15.2 Å². The monoisotopic (exact) mass is 542 g/mol. The molecule has 0 aliphatic carbocycles. The first-order valence-corrected chi connectivity index (χ1v) is 13.7. The summed E-state index contributed by atoms with van der Waals surface area (Å²) in [5.41, 5.74) is 1.89. The number of carboxylic acids is 1. The number of rotatable bonds is 15. The van der Waals surface area contributed by atoms with Crippen molar-refractivity contribution in [1.82, 2.24) is 10.0 Å². The predicted molar refractivity (Wildman–Crippen MR) is 140 cm³/mol. The second-order valence-electron chi connectivity index (χ2n) is 8.73. The molecule has 0 radical (unpaired) electrons. The number of halogens is 1. The van der Waals surface area contributed by atoms with Gasteiger partial charge in [0.15, 0.2) is 6.04 Å². The molecule has 8 nitrogen and oxygen atoms in total. The first-order chi connectivity index (χ1) is 18.2. The molecular formula is C28H31FN2O6S. The van der Waals surface area contributed by atoms with Crippen molar-refractivity contribution in [3.63, 3.8) is 0 Å². The zero-order valence-electron chi connectivity index (χ0n) is 20.8. The highest BCUT2D eigenvalue weighted by molar-refractivity contribution is 7.89. The smallest absolute Gasteiger partial charge is 0.328 e. The van der Waals surface area contributed by atoms with Gasteiger partial charge in [-0.1, -0.05) is 60.7 Å². The molecule has 0 bridgehead atoms. The van der Waals surface area contributed by atoms with Gasteiger partial charge >= 0.3 is 5.97 Å². The molecule has 0 unspecified atom stereocenters. The standard InChI is InChI=1S/C28H31FN2O6S/c29-25-15-5-4-12-23(25)13-6-7-16-30-38(35,36)24-14-8-11-22(17-24)19-37-20-26(28(33)34)31-27(32)18-21-9-2-1-3-10-21/h1-5,8-12,14-15,17,26,30H,6-7,13,16,18-20H2,(H,31,32)(H,33,34)/t26-/m0/s1. The second-order valence-corrected chi connectivity index (χ2v) is 10.5.